The first-order valence-corrected chi connectivity index (χ1v) is 7.16. The third kappa shape index (κ3) is 3.61. The van der Waals surface area contributed by atoms with Gasteiger partial charge in [0.05, 0.1) is 6.10 Å². The Morgan fingerprint density at radius 3 is 1.70 bits per heavy atom. The summed E-state index contributed by atoms with van der Waals surface area (Å²) >= 11 is 0. The molecular formula is C18H22O2. The van der Waals surface area contributed by atoms with Crippen molar-refractivity contribution in [1.82, 2.24) is 0 Å². The molecule has 2 nitrogen and oxygen atoms in total. The summed E-state index contributed by atoms with van der Waals surface area (Å²) in [4.78, 5) is 0. The van der Waals surface area contributed by atoms with Crippen LogP contribution in [-0.2, 0) is 0 Å². The molecule has 20 heavy (non-hydrogen) atoms. The van der Waals surface area contributed by atoms with Crippen LogP contribution in [0.4, 0.5) is 0 Å². The summed E-state index contributed by atoms with van der Waals surface area (Å²) in [6.45, 7) is 6.17. The highest BCUT2D eigenvalue weighted by atomic mass is 16.5. The number of hydrogen-bond acceptors (Lipinski definition) is 2. The molecule has 0 aliphatic carbocycles. The SMILES string of the molecule is CCC(C)c1ccc(Oc2ccc([C@@H](C)O)cc2)cc1. The molecule has 106 valence electrons. The van der Waals surface area contributed by atoms with Crippen LogP contribution in [0.5, 0.6) is 11.5 Å². The van der Waals surface area contributed by atoms with E-state index in [0.29, 0.717) is 5.92 Å². The minimum absolute atomic E-state index is 0.445. The van der Waals surface area contributed by atoms with Crippen molar-refractivity contribution >= 4 is 0 Å². The van der Waals surface area contributed by atoms with Gasteiger partial charge in [-0.25, -0.2) is 0 Å². The fourth-order valence-corrected chi connectivity index (χ4v) is 2.05. The van der Waals surface area contributed by atoms with Gasteiger partial charge in [0.15, 0.2) is 0 Å². The summed E-state index contributed by atoms with van der Waals surface area (Å²) in [6, 6.07) is 15.8. The maximum atomic E-state index is 9.47. The molecule has 0 bridgehead atoms. The molecule has 1 unspecified atom stereocenters. The number of ether oxygens (including phenoxy) is 1. The number of aliphatic hydroxyl groups excluding tert-OH is 1. The van der Waals surface area contributed by atoms with Crippen LogP contribution < -0.4 is 4.74 Å². The first kappa shape index (κ1) is 14.6. The maximum Gasteiger partial charge on any atom is 0.127 e. The molecule has 0 heterocycles. The van der Waals surface area contributed by atoms with Gasteiger partial charge >= 0.3 is 0 Å². The molecule has 0 spiro atoms. The van der Waals surface area contributed by atoms with Crippen molar-refractivity contribution in [3.8, 4) is 11.5 Å². The van der Waals surface area contributed by atoms with E-state index in [0.717, 1.165) is 23.5 Å². The lowest BCUT2D eigenvalue weighted by Gasteiger charge is -2.11. The van der Waals surface area contributed by atoms with Crippen molar-refractivity contribution in [2.24, 2.45) is 0 Å². The Hall–Kier alpha value is -1.80. The van der Waals surface area contributed by atoms with Crippen molar-refractivity contribution in [3.63, 3.8) is 0 Å². The summed E-state index contributed by atoms with van der Waals surface area (Å²) in [6.07, 6.45) is 0.694. The van der Waals surface area contributed by atoms with Gasteiger partial charge in [-0.3, -0.25) is 0 Å². The van der Waals surface area contributed by atoms with Gasteiger partial charge < -0.3 is 9.84 Å². The minimum atomic E-state index is -0.445. The van der Waals surface area contributed by atoms with Crippen molar-refractivity contribution < 1.29 is 9.84 Å². The Labute approximate surface area is 121 Å². The minimum Gasteiger partial charge on any atom is -0.457 e. The molecular weight excluding hydrogens is 248 g/mol. The normalized spacial score (nSPS) is 13.8. The Morgan fingerprint density at radius 1 is 0.850 bits per heavy atom. The largest absolute Gasteiger partial charge is 0.457 e. The van der Waals surface area contributed by atoms with Crippen LogP contribution in [0.15, 0.2) is 48.5 Å². The fraction of sp³-hybridized carbons (Fsp3) is 0.333. The summed E-state index contributed by atoms with van der Waals surface area (Å²) in [5.41, 5.74) is 2.23. The lowest BCUT2D eigenvalue weighted by molar-refractivity contribution is 0.199. The molecule has 0 amide bonds. The second kappa shape index (κ2) is 6.58. The van der Waals surface area contributed by atoms with E-state index in [4.69, 9.17) is 4.74 Å². The van der Waals surface area contributed by atoms with E-state index in [1.54, 1.807) is 6.92 Å². The van der Waals surface area contributed by atoms with Crippen LogP contribution in [0.1, 0.15) is 50.3 Å². The Bertz CT molecular complexity index is 526. The summed E-state index contributed by atoms with van der Waals surface area (Å²) in [7, 11) is 0. The average Bonchev–Trinajstić information content (AvgIpc) is 2.48. The smallest absolute Gasteiger partial charge is 0.127 e. The number of hydrogen-bond donors (Lipinski definition) is 1. The van der Waals surface area contributed by atoms with Crippen molar-refractivity contribution in [3.05, 3.63) is 59.7 Å². The zero-order valence-electron chi connectivity index (χ0n) is 12.3. The van der Waals surface area contributed by atoms with Gasteiger partial charge in [0.1, 0.15) is 11.5 Å². The van der Waals surface area contributed by atoms with E-state index in [2.05, 4.69) is 26.0 Å². The summed E-state index contributed by atoms with van der Waals surface area (Å²) in [5.74, 6) is 2.20. The Kier molecular flexibility index (Phi) is 4.80. The molecule has 0 saturated carbocycles. The highest BCUT2D eigenvalue weighted by molar-refractivity contribution is 5.35. The molecule has 2 heteroatoms. The van der Waals surface area contributed by atoms with Gasteiger partial charge in [-0.1, -0.05) is 38.1 Å². The highest BCUT2D eigenvalue weighted by Gasteiger charge is 2.04. The van der Waals surface area contributed by atoms with Gasteiger partial charge in [-0.2, -0.15) is 0 Å². The van der Waals surface area contributed by atoms with Crippen LogP contribution in [0.3, 0.4) is 0 Å². The molecule has 2 aromatic rings. The first-order chi connectivity index (χ1) is 9.60. The predicted molar refractivity (Wildman–Crippen MR) is 82.3 cm³/mol. The van der Waals surface area contributed by atoms with Gasteiger partial charge in [-0.05, 0) is 54.7 Å². The molecule has 0 fully saturated rings. The third-order valence-electron chi connectivity index (χ3n) is 3.66. The van der Waals surface area contributed by atoms with Crippen molar-refractivity contribution in [2.75, 3.05) is 0 Å². The molecule has 0 aliphatic heterocycles. The lowest BCUT2D eigenvalue weighted by atomic mass is 9.99. The van der Waals surface area contributed by atoms with E-state index >= 15 is 0 Å². The van der Waals surface area contributed by atoms with Crippen molar-refractivity contribution in [2.45, 2.75) is 39.2 Å². The van der Waals surface area contributed by atoms with Crippen LogP contribution >= 0.6 is 0 Å². The highest BCUT2D eigenvalue weighted by Crippen LogP contribution is 2.26. The topological polar surface area (TPSA) is 29.5 Å². The van der Waals surface area contributed by atoms with Gasteiger partial charge in [0.25, 0.3) is 0 Å². The molecule has 1 N–H and O–H groups in total. The van der Waals surface area contributed by atoms with Gasteiger partial charge in [-0.15, -0.1) is 0 Å². The average molecular weight is 270 g/mol. The second-order valence-corrected chi connectivity index (χ2v) is 5.23. The number of benzene rings is 2. The Balaban J connectivity index is 2.06. The lowest BCUT2D eigenvalue weighted by Crippen LogP contribution is -1.92. The molecule has 2 rings (SSSR count). The van der Waals surface area contributed by atoms with E-state index in [9.17, 15) is 5.11 Å². The molecule has 0 aliphatic rings. The van der Waals surface area contributed by atoms with Crippen LogP contribution in [0.25, 0.3) is 0 Å². The first-order valence-electron chi connectivity index (χ1n) is 7.16. The summed E-state index contributed by atoms with van der Waals surface area (Å²) < 4.78 is 5.80. The third-order valence-corrected chi connectivity index (χ3v) is 3.66. The Morgan fingerprint density at radius 2 is 1.30 bits per heavy atom. The van der Waals surface area contributed by atoms with Gasteiger partial charge in [0, 0.05) is 0 Å². The van der Waals surface area contributed by atoms with E-state index in [1.165, 1.54) is 5.56 Å². The monoisotopic (exact) mass is 270 g/mol. The number of rotatable bonds is 5. The quantitative estimate of drug-likeness (QED) is 0.824. The van der Waals surface area contributed by atoms with Gasteiger partial charge in [0.2, 0.25) is 0 Å². The predicted octanol–water partition coefficient (Wildman–Crippen LogP) is 5.05. The maximum absolute atomic E-state index is 9.47. The van der Waals surface area contributed by atoms with Crippen LogP contribution in [0.2, 0.25) is 0 Å². The second-order valence-electron chi connectivity index (χ2n) is 5.23. The zero-order chi connectivity index (χ0) is 14.5. The number of aliphatic hydroxyl groups is 1. The molecule has 2 atom stereocenters. The standard InChI is InChI=1S/C18H22O2/c1-4-13(2)15-5-9-17(10-6-15)20-18-11-7-16(8-12-18)14(3)19/h5-14,19H,4H2,1-3H3/t13?,14-/m1/s1. The molecule has 0 aromatic heterocycles. The summed E-state index contributed by atoms with van der Waals surface area (Å²) in [5, 5.41) is 9.47. The van der Waals surface area contributed by atoms with E-state index < -0.39 is 6.10 Å². The van der Waals surface area contributed by atoms with Crippen molar-refractivity contribution in [1.29, 1.82) is 0 Å². The molecule has 0 radical (unpaired) electrons. The molecule has 2 aromatic carbocycles. The van der Waals surface area contributed by atoms with Crippen LogP contribution in [-0.4, -0.2) is 5.11 Å². The van der Waals surface area contributed by atoms with E-state index in [1.807, 2.05) is 36.4 Å². The van der Waals surface area contributed by atoms with E-state index in [-0.39, 0.29) is 0 Å². The zero-order valence-corrected chi connectivity index (χ0v) is 12.3. The van der Waals surface area contributed by atoms with Crippen LogP contribution in [0, 0.1) is 0 Å². The molecule has 0 saturated heterocycles. The fourth-order valence-electron chi connectivity index (χ4n) is 2.05.